The van der Waals surface area contributed by atoms with Crippen molar-refractivity contribution in [3.63, 3.8) is 0 Å². The Bertz CT molecular complexity index is 649. The molecule has 0 bridgehead atoms. The first-order valence-electron chi connectivity index (χ1n) is 5.19. The minimum absolute atomic E-state index is 0.0430. The molecular formula is C13H7Cl2FINO. The highest BCUT2D eigenvalue weighted by atomic mass is 127. The zero-order valence-corrected chi connectivity index (χ0v) is 13.1. The minimum Gasteiger partial charge on any atom is -0.322 e. The molecule has 0 aromatic heterocycles. The van der Waals surface area contributed by atoms with Gasteiger partial charge in [0.05, 0.1) is 10.6 Å². The molecule has 2 rings (SSSR count). The summed E-state index contributed by atoms with van der Waals surface area (Å²) in [5.74, 6) is -0.855. The first-order valence-corrected chi connectivity index (χ1v) is 7.02. The van der Waals surface area contributed by atoms with Gasteiger partial charge in [-0.1, -0.05) is 23.2 Å². The van der Waals surface area contributed by atoms with E-state index in [0.29, 0.717) is 16.3 Å². The van der Waals surface area contributed by atoms with E-state index < -0.39 is 5.82 Å². The van der Waals surface area contributed by atoms with Crippen LogP contribution in [0.1, 0.15) is 10.4 Å². The van der Waals surface area contributed by atoms with E-state index in [9.17, 15) is 9.18 Å². The number of hydrogen-bond donors (Lipinski definition) is 1. The van der Waals surface area contributed by atoms with Crippen molar-refractivity contribution in [3.05, 3.63) is 61.4 Å². The molecule has 1 N–H and O–H groups in total. The van der Waals surface area contributed by atoms with Crippen molar-refractivity contribution < 1.29 is 9.18 Å². The van der Waals surface area contributed by atoms with Crippen LogP contribution in [0.15, 0.2) is 36.4 Å². The van der Waals surface area contributed by atoms with Gasteiger partial charge in [0.1, 0.15) is 5.82 Å². The van der Waals surface area contributed by atoms with Crippen LogP contribution in [0, 0.1) is 9.39 Å². The lowest BCUT2D eigenvalue weighted by Crippen LogP contribution is -2.13. The van der Waals surface area contributed by atoms with Crippen molar-refractivity contribution in [3.8, 4) is 0 Å². The van der Waals surface area contributed by atoms with Gasteiger partial charge in [0.15, 0.2) is 0 Å². The SMILES string of the molecule is O=C(Nc1ccc(F)c(Cl)c1)c1cc(Cl)ccc1I. The van der Waals surface area contributed by atoms with Crippen molar-refractivity contribution in [2.75, 3.05) is 5.32 Å². The van der Waals surface area contributed by atoms with Crippen LogP contribution in [0.4, 0.5) is 10.1 Å². The van der Waals surface area contributed by atoms with Crippen molar-refractivity contribution in [2.24, 2.45) is 0 Å². The predicted molar refractivity (Wildman–Crippen MR) is 83.5 cm³/mol. The van der Waals surface area contributed by atoms with Gasteiger partial charge in [0.2, 0.25) is 0 Å². The van der Waals surface area contributed by atoms with Crippen LogP contribution < -0.4 is 5.32 Å². The van der Waals surface area contributed by atoms with E-state index in [1.165, 1.54) is 18.2 Å². The predicted octanol–water partition coefficient (Wildman–Crippen LogP) is 4.99. The zero-order valence-electron chi connectivity index (χ0n) is 9.38. The quantitative estimate of drug-likeness (QED) is 0.695. The average molecular weight is 410 g/mol. The van der Waals surface area contributed by atoms with Gasteiger partial charge < -0.3 is 5.32 Å². The summed E-state index contributed by atoms with van der Waals surface area (Å²) in [5.41, 5.74) is 0.876. The Balaban J connectivity index is 2.25. The van der Waals surface area contributed by atoms with Crippen LogP contribution in [0.3, 0.4) is 0 Å². The first kappa shape index (κ1) is 14.6. The van der Waals surface area contributed by atoms with Gasteiger partial charge in [0, 0.05) is 14.3 Å². The summed E-state index contributed by atoms with van der Waals surface area (Å²) in [6.07, 6.45) is 0. The van der Waals surface area contributed by atoms with Gasteiger partial charge in [0.25, 0.3) is 5.91 Å². The summed E-state index contributed by atoms with van der Waals surface area (Å²) in [6, 6.07) is 9.01. The number of amides is 1. The fourth-order valence-corrected chi connectivity index (χ4v) is 2.38. The molecule has 0 aliphatic rings. The van der Waals surface area contributed by atoms with Crippen LogP contribution in [0.2, 0.25) is 10.0 Å². The molecule has 0 saturated carbocycles. The number of halogens is 4. The highest BCUT2D eigenvalue weighted by molar-refractivity contribution is 14.1. The Kier molecular flexibility index (Phi) is 4.65. The van der Waals surface area contributed by atoms with Crippen LogP contribution >= 0.6 is 45.8 Å². The molecule has 2 aromatic rings. The van der Waals surface area contributed by atoms with E-state index in [4.69, 9.17) is 23.2 Å². The first-order chi connectivity index (χ1) is 8.97. The second-order valence-corrected chi connectivity index (χ2v) is 5.71. The molecule has 1 amide bonds. The molecule has 0 fully saturated rings. The summed E-state index contributed by atoms with van der Waals surface area (Å²) >= 11 is 13.5. The van der Waals surface area contributed by atoms with Crippen LogP contribution in [0.25, 0.3) is 0 Å². The van der Waals surface area contributed by atoms with Crippen LogP contribution in [-0.2, 0) is 0 Å². The van der Waals surface area contributed by atoms with E-state index in [2.05, 4.69) is 5.32 Å². The fraction of sp³-hybridized carbons (Fsp3) is 0. The second kappa shape index (κ2) is 6.07. The summed E-state index contributed by atoms with van der Waals surface area (Å²) in [5, 5.41) is 3.07. The maximum absolute atomic E-state index is 13.0. The summed E-state index contributed by atoms with van der Waals surface area (Å²) in [6.45, 7) is 0. The normalized spacial score (nSPS) is 10.3. The second-order valence-electron chi connectivity index (χ2n) is 3.71. The highest BCUT2D eigenvalue weighted by Gasteiger charge is 2.11. The van der Waals surface area contributed by atoms with Crippen molar-refractivity contribution in [1.29, 1.82) is 0 Å². The van der Waals surface area contributed by atoms with Gasteiger partial charge in [-0.15, -0.1) is 0 Å². The van der Waals surface area contributed by atoms with E-state index in [0.717, 1.165) is 3.57 Å². The molecule has 6 heteroatoms. The van der Waals surface area contributed by atoms with E-state index >= 15 is 0 Å². The number of hydrogen-bond acceptors (Lipinski definition) is 1. The maximum Gasteiger partial charge on any atom is 0.256 e. The van der Waals surface area contributed by atoms with Crippen LogP contribution in [0.5, 0.6) is 0 Å². The molecule has 19 heavy (non-hydrogen) atoms. The van der Waals surface area contributed by atoms with Crippen molar-refractivity contribution in [2.45, 2.75) is 0 Å². The Labute approximate surface area is 133 Å². The lowest BCUT2D eigenvalue weighted by molar-refractivity contribution is 0.102. The smallest absolute Gasteiger partial charge is 0.256 e. The topological polar surface area (TPSA) is 29.1 Å². The monoisotopic (exact) mass is 409 g/mol. The zero-order chi connectivity index (χ0) is 14.0. The number of benzene rings is 2. The van der Waals surface area contributed by atoms with Crippen molar-refractivity contribution >= 4 is 57.4 Å². The van der Waals surface area contributed by atoms with E-state index in [1.54, 1.807) is 18.2 Å². The van der Waals surface area contributed by atoms with Crippen molar-refractivity contribution in [1.82, 2.24) is 0 Å². The summed E-state index contributed by atoms with van der Waals surface area (Å²) < 4.78 is 13.8. The molecule has 2 aromatic carbocycles. The molecule has 0 aliphatic heterocycles. The largest absolute Gasteiger partial charge is 0.322 e. The van der Waals surface area contributed by atoms with Gasteiger partial charge in [-0.25, -0.2) is 4.39 Å². The molecule has 0 heterocycles. The summed E-state index contributed by atoms with van der Waals surface area (Å²) in [7, 11) is 0. The van der Waals surface area contributed by atoms with Gasteiger partial charge in [-0.05, 0) is 59.0 Å². The third-order valence-electron chi connectivity index (χ3n) is 2.35. The fourth-order valence-electron chi connectivity index (χ4n) is 1.44. The Morgan fingerprint density at radius 1 is 1.16 bits per heavy atom. The lowest BCUT2D eigenvalue weighted by atomic mass is 10.2. The molecule has 0 aliphatic carbocycles. The Morgan fingerprint density at radius 2 is 1.89 bits per heavy atom. The molecule has 0 saturated heterocycles. The summed E-state index contributed by atoms with van der Waals surface area (Å²) in [4.78, 5) is 12.1. The van der Waals surface area contributed by atoms with Gasteiger partial charge in [-0.2, -0.15) is 0 Å². The standard InChI is InChI=1S/C13H7Cl2FINO/c14-7-1-4-12(17)9(5-7)13(19)18-8-2-3-11(16)10(15)6-8/h1-6H,(H,18,19). The maximum atomic E-state index is 13.0. The van der Waals surface area contributed by atoms with E-state index in [-0.39, 0.29) is 10.9 Å². The number of anilines is 1. The number of carbonyl (C=O) groups is 1. The molecule has 0 radical (unpaired) electrons. The molecule has 0 atom stereocenters. The molecule has 2 nitrogen and oxygen atoms in total. The molecule has 98 valence electrons. The number of rotatable bonds is 2. The third kappa shape index (κ3) is 3.58. The van der Waals surface area contributed by atoms with Gasteiger partial charge in [-0.3, -0.25) is 4.79 Å². The lowest BCUT2D eigenvalue weighted by Gasteiger charge is -2.08. The van der Waals surface area contributed by atoms with Crippen LogP contribution in [-0.4, -0.2) is 5.91 Å². The molecule has 0 spiro atoms. The Hall–Kier alpha value is -0.850. The number of carbonyl (C=O) groups excluding carboxylic acids is 1. The molecular weight excluding hydrogens is 403 g/mol. The third-order valence-corrected chi connectivity index (χ3v) is 3.82. The average Bonchev–Trinajstić information content (AvgIpc) is 2.36. The Morgan fingerprint density at radius 3 is 2.58 bits per heavy atom. The number of nitrogens with one attached hydrogen (secondary N) is 1. The van der Waals surface area contributed by atoms with E-state index in [1.807, 2.05) is 22.6 Å². The molecule has 0 unspecified atom stereocenters. The minimum atomic E-state index is -0.531. The highest BCUT2D eigenvalue weighted by Crippen LogP contribution is 2.22. The van der Waals surface area contributed by atoms with Gasteiger partial charge >= 0.3 is 0 Å².